The zero-order valence-electron chi connectivity index (χ0n) is 6.16. The molecular weight excluding hydrogens is 220 g/mol. The normalized spacial score (nSPS) is 14.9. The number of hydrazine groups is 2. The average Bonchev–Trinajstić information content (AvgIpc) is 2.58. The van der Waals surface area contributed by atoms with Gasteiger partial charge in [0.2, 0.25) is 0 Å². The fourth-order valence-electron chi connectivity index (χ4n) is 0.900. The van der Waals surface area contributed by atoms with Crippen molar-refractivity contribution in [3.8, 4) is 0 Å². The van der Waals surface area contributed by atoms with E-state index in [-0.39, 0.29) is 0 Å². The molecule has 62 valence electrons. The van der Waals surface area contributed by atoms with Crippen LogP contribution in [0.4, 0.5) is 5.82 Å². The van der Waals surface area contributed by atoms with Crippen LogP contribution in [0.2, 0.25) is 0 Å². The van der Waals surface area contributed by atoms with Crippen molar-refractivity contribution in [3.63, 3.8) is 0 Å². The molecule has 1 aliphatic rings. The molecular formula is C7H7BrN4. The lowest BCUT2D eigenvalue weighted by Crippen LogP contribution is -2.35. The number of pyridine rings is 1. The molecule has 0 saturated carbocycles. The topological polar surface area (TPSA) is 40.2 Å². The third-order valence-corrected chi connectivity index (χ3v) is 1.92. The highest BCUT2D eigenvalue weighted by Gasteiger charge is 2.05. The predicted molar refractivity (Wildman–Crippen MR) is 49.8 cm³/mol. The molecule has 2 heterocycles. The molecule has 0 aromatic carbocycles. The molecule has 2 rings (SSSR count). The average molecular weight is 227 g/mol. The molecule has 4 nitrogen and oxygen atoms in total. The van der Waals surface area contributed by atoms with Crippen LogP contribution in [0, 0.1) is 0 Å². The summed E-state index contributed by atoms with van der Waals surface area (Å²) < 4.78 is 0.974. The van der Waals surface area contributed by atoms with E-state index in [1.54, 1.807) is 17.4 Å². The summed E-state index contributed by atoms with van der Waals surface area (Å²) in [6, 6.07) is 3.85. The molecule has 1 aliphatic heterocycles. The summed E-state index contributed by atoms with van der Waals surface area (Å²) in [4.78, 5) is 4.19. The van der Waals surface area contributed by atoms with Crippen molar-refractivity contribution in [2.75, 3.05) is 5.01 Å². The monoisotopic (exact) mass is 226 g/mol. The van der Waals surface area contributed by atoms with Crippen LogP contribution in [0.15, 0.2) is 35.2 Å². The third-order valence-electron chi connectivity index (χ3n) is 1.45. The van der Waals surface area contributed by atoms with Crippen molar-refractivity contribution in [3.05, 3.63) is 35.2 Å². The molecule has 0 saturated heterocycles. The van der Waals surface area contributed by atoms with Gasteiger partial charge in [-0.05, 0) is 28.1 Å². The van der Waals surface area contributed by atoms with Gasteiger partial charge in [-0.3, -0.25) is 0 Å². The van der Waals surface area contributed by atoms with Gasteiger partial charge in [-0.2, -0.15) is 0 Å². The molecule has 0 atom stereocenters. The summed E-state index contributed by atoms with van der Waals surface area (Å²) >= 11 is 3.32. The van der Waals surface area contributed by atoms with E-state index in [0.717, 1.165) is 10.3 Å². The Kier molecular flexibility index (Phi) is 1.97. The summed E-state index contributed by atoms with van der Waals surface area (Å²) in [6.45, 7) is 0. The van der Waals surface area contributed by atoms with E-state index >= 15 is 0 Å². The van der Waals surface area contributed by atoms with E-state index in [1.807, 2.05) is 18.3 Å². The number of hydrogen-bond acceptors (Lipinski definition) is 4. The standard InChI is InChI=1S/C7H7BrN4/c8-6-1-2-7(9-5-6)12-4-3-10-11-12/h1-5,10-11H. The van der Waals surface area contributed by atoms with Crippen LogP contribution in [-0.2, 0) is 0 Å². The Morgan fingerprint density at radius 3 is 2.92 bits per heavy atom. The quantitative estimate of drug-likeness (QED) is 0.754. The number of nitrogens with zero attached hydrogens (tertiary/aromatic N) is 2. The lowest BCUT2D eigenvalue weighted by Gasteiger charge is -2.13. The van der Waals surface area contributed by atoms with E-state index in [0.29, 0.717) is 0 Å². The maximum atomic E-state index is 4.19. The Morgan fingerprint density at radius 1 is 1.42 bits per heavy atom. The second-order valence-corrected chi connectivity index (χ2v) is 3.19. The molecule has 0 unspecified atom stereocenters. The van der Waals surface area contributed by atoms with Crippen molar-refractivity contribution in [1.82, 2.24) is 15.9 Å². The van der Waals surface area contributed by atoms with E-state index in [9.17, 15) is 0 Å². The van der Waals surface area contributed by atoms with Crippen LogP contribution in [0.5, 0.6) is 0 Å². The van der Waals surface area contributed by atoms with Crippen LogP contribution < -0.4 is 16.0 Å². The summed E-state index contributed by atoms with van der Waals surface area (Å²) in [7, 11) is 0. The Balaban J connectivity index is 2.23. The second kappa shape index (κ2) is 3.12. The molecule has 12 heavy (non-hydrogen) atoms. The molecule has 0 fully saturated rings. The maximum absolute atomic E-state index is 4.19. The molecule has 1 aromatic heterocycles. The first-order valence-corrected chi connectivity index (χ1v) is 4.24. The maximum Gasteiger partial charge on any atom is 0.148 e. The van der Waals surface area contributed by atoms with Gasteiger partial charge in [-0.1, -0.05) is 0 Å². The van der Waals surface area contributed by atoms with Gasteiger partial charge in [0.25, 0.3) is 0 Å². The van der Waals surface area contributed by atoms with Gasteiger partial charge in [0, 0.05) is 23.1 Å². The molecule has 1 aromatic rings. The van der Waals surface area contributed by atoms with Crippen LogP contribution in [0.3, 0.4) is 0 Å². The molecule has 5 heteroatoms. The van der Waals surface area contributed by atoms with E-state index in [4.69, 9.17) is 0 Å². The number of nitrogens with one attached hydrogen (secondary N) is 2. The van der Waals surface area contributed by atoms with E-state index in [2.05, 4.69) is 31.9 Å². The van der Waals surface area contributed by atoms with Gasteiger partial charge in [0.15, 0.2) is 0 Å². The van der Waals surface area contributed by atoms with E-state index < -0.39 is 0 Å². The van der Waals surface area contributed by atoms with Crippen molar-refractivity contribution in [1.29, 1.82) is 0 Å². The number of hydrogen-bond donors (Lipinski definition) is 2. The minimum atomic E-state index is 0.847. The number of anilines is 1. The molecule has 0 amide bonds. The summed E-state index contributed by atoms with van der Waals surface area (Å²) in [5.74, 6) is 0.847. The highest BCUT2D eigenvalue weighted by molar-refractivity contribution is 9.10. The van der Waals surface area contributed by atoms with Gasteiger partial charge in [-0.15, -0.1) is 5.53 Å². The minimum Gasteiger partial charge on any atom is -0.309 e. The minimum absolute atomic E-state index is 0.847. The Bertz CT molecular complexity index is 295. The van der Waals surface area contributed by atoms with E-state index in [1.165, 1.54) is 0 Å². The first-order valence-electron chi connectivity index (χ1n) is 3.45. The number of halogens is 1. The zero-order valence-corrected chi connectivity index (χ0v) is 7.75. The summed E-state index contributed by atoms with van der Waals surface area (Å²) in [5.41, 5.74) is 5.72. The molecule has 0 spiro atoms. The van der Waals surface area contributed by atoms with Gasteiger partial charge in [0.1, 0.15) is 5.82 Å². The predicted octanol–water partition coefficient (Wildman–Crippen LogP) is 1.14. The Hall–Kier alpha value is -1.07. The van der Waals surface area contributed by atoms with Crippen molar-refractivity contribution >= 4 is 21.7 Å². The second-order valence-electron chi connectivity index (χ2n) is 2.28. The first-order chi connectivity index (χ1) is 5.86. The highest BCUT2D eigenvalue weighted by atomic mass is 79.9. The smallest absolute Gasteiger partial charge is 0.148 e. The fourth-order valence-corrected chi connectivity index (χ4v) is 1.13. The molecule has 2 N–H and O–H groups in total. The lowest BCUT2D eigenvalue weighted by atomic mass is 10.4. The van der Waals surface area contributed by atoms with Gasteiger partial charge in [0.05, 0.1) is 0 Å². The van der Waals surface area contributed by atoms with Gasteiger partial charge < -0.3 is 5.43 Å². The Morgan fingerprint density at radius 2 is 2.33 bits per heavy atom. The van der Waals surface area contributed by atoms with Gasteiger partial charge in [-0.25, -0.2) is 9.99 Å². The SMILES string of the molecule is Brc1ccc(N2C=CNN2)nc1. The Labute approximate surface area is 78.4 Å². The van der Waals surface area contributed by atoms with Crippen LogP contribution in [0.1, 0.15) is 0 Å². The van der Waals surface area contributed by atoms with Gasteiger partial charge >= 0.3 is 0 Å². The third kappa shape index (κ3) is 1.41. The zero-order chi connectivity index (χ0) is 8.39. The first kappa shape index (κ1) is 7.57. The number of aromatic nitrogens is 1. The molecule has 0 bridgehead atoms. The summed E-state index contributed by atoms with van der Waals surface area (Å²) in [6.07, 6.45) is 5.41. The largest absolute Gasteiger partial charge is 0.309 e. The van der Waals surface area contributed by atoms with Crippen LogP contribution >= 0.6 is 15.9 Å². The van der Waals surface area contributed by atoms with Crippen LogP contribution in [0.25, 0.3) is 0 Å². The highest BCUT2D eigenvalue weighted by Crippen LogP contribution is 2.13. The van der Waals surface area contributed by atoms with Crippen molar-refractivity contribution < 1.29 is 0 Å². The summed E-state index contributed by atoms with van der Waals surface area (Å²) in [5, 5.41) is 1.78. The van der Waals surface area contributed by atoms with Crippen molar-refractivity contribution in [2.45, 2.75) is 0 Å². The van der Waals surface area contributed by atoms with Crippen LogP contribution in [-0.4, -0.2) is 4.98 Å². The number of rotatable bonds is 1. The fraction of sp³-hybridized carbons (Fsp3) is 0. The van der Waals surface area contributed by atoms with Crippen molar-refractivity contribution in [2.24, 2.45) is 0 Å². The molecule has 0 aliphatic carbocycles. The lowest BCUT2D eigenvalue weighted by molar-refractivity contribution is 0.673. The molecule has 0 radical (unpaired) electrons.